The molecule has 0 saturated carbocycles. The monoisotopic (exact) mass is 231 g/mol. The first-order valence-corrected chi connectivity index (χ1v) is 6.45. The molecule has 0 aliphatic heterocycles. The Morgan fingerprint density at radius 1 is 1.35 bits per heavy atom. The van der Waals surface area contributed by atoms with E-state index in [1.165, 1.54) is 23.7 Å². The van der Waals surface area contributed by atoms with Crippen molar-refractivity contribution >= 4 is 10.9 Å². The van der Waals surface area contributed by atoms with Gasteiger partial charge in [-0.05, 0) is 32.4 Å². The molecule has 3 nitrogen and oxygen atoms in total. The Morgan fingerprint density at radius 2 is 2.18 bits per heavy atom. The molecule has 92 valence electrons. The Morgan fingerprint density at radius 3 is 3.00 bits per heavy atom. The van der Waals surface area contributed by atoms with Crippen LogP contribution in [0.4, 0.5) is 0 Å². The van der Waals surface area contributed by atoms with Crippen molar-refractivity contribution in [1.82, 2.24) is 15.1 Å². The van der Waals surface area contributed by atoms with Crippen LogP contribution in [0.1, 0.15) is 26.7 Å². The first kappa shape index (κ1) is 12.1. The van der Waals surface area contributed by atoms with Crippen LogP contribution in [0.2, 0.25) is 0 Å². The maximum absolute atomic E-state index is 4.43. The summed E-state index contributed by atoms with van der Waals surface area (Å²) in [5, 5.41) is 9.10. The van der Waals surface area contributed by atoms with E-state index in [4.69, 9.17) is 0 Å². The normalized spacial score (nSPS) is 13.1. The Kier molecular flexibility index (Phi) is 4.15. The molecule has 0 spiro atoms. The predicted molar refractivity (Wildman–Crippen MR) is 72.1 cm³/mol. The number of nitrogens with zero attached hydrogens (tertiary/aromatic N) is 2. The van der Waals surface area contributed by atoms with Crippen molar-refractivity contribution in [2.45, 2.75) is 39.3 Å². The van der Waals surface area contributed by atoms with Crippen LogP contribution in [0.25, 0.3) is 10.9 Å². The average Bonchev–Trinajstić information content (AvgIpc) is 2.73. The first-order valence-electron chi connectivity index (χ1n) is 6.45. The Bertz CT molecular complexity index is 461. The molecule has 2 aromatic rings. The smallest absolute Gasteiger partial charge is 0.0682 e. The van der Waals surface area contributed by atoms with Gasteiger partial charge in [-0.1, -0.05) is 25.1 Å². The van der Waals surface area contributed by atoms with Gasteiger partial charge in [0.05, 0.1) is 11.7 Å². The number of fused-ring (bicyclic) bond motifs is 1. The van der Waals surface area contributed by atoms with Crippen LogP contribution >= 0.6 is 0 Å². The molecule has 1 unspecified atom stereocenters. The van der Waals surface area contributed by atoms with Crippen LogP contribution in [-0.4, -0.2) is 22.4 Å². The van der Waals surface area contributed by atoms with Crippen LogP contribution in [0.5, 0.6) is 0 Å². The molecule has 17 heavy (non-hydrogen) atoms. The van der Waals surface area contributed by atoms with E-state index in [1.54, 1.807) is 0 Å². The summed E-state index contributed by atoms with van der Waals surface area (Å²) < 4.78 is 2.11. The zero-order chi connectivity index (χ0) is 12.1. The molecule has 0 bridgehead atoms. The van der Waals surface area contributed by atoms with Gasteiger partial charge in [-0.25, -0.2) is 0 Å². The van der Waals surface area contributed by atoms with E-state index in [1.807, 2.05) is 6.20 Å². The van der Waals surface area contributed by atoms with Crippen LogP contribution in [0.3, 0.4) is 0 Å². The van der Waals surface area contributed by atoms with E-state index >= 15 is 0 Å². The molecule has 2 rings (SSSR count). The summed E-state index contributed by atoms with van der Waals surface area (Å²) >= 11 is 0. The zero-order valence-corrected chi connectivity index (χ0v) is 10.7. The highest BCUT2D eigenvalue weighted by atomic mass is 15.3. The number of rotatable bonds is 6. The van der Waals surface area contributed by atoms with Crippen molar-refractivity contribution < 1.29 is 0 Å². The molecule has 1 aromatic carbocycles. The van der Waals surface area contributed by atoms with E-state index in [9.17, 15) is 0 Å². The van der Waals surface area contributed by atoms with Gasteiger partial charge in [0, 0.05) is 18.0 Å². The van der Waals surface area contributed by atoms with Crippen LogP contribution in [0.15, 0.2) is 30.5 Å². The van der Waals surface area contributed by atoms with Crippen molar-refractivity contribution in [2.75, 3.05) is 6.54 Å². The molecule has 1 atom stereocenters. The number of aromatic nitrogens is 2. The van der Waals surface area contributed by atoms with Crippen molar-refractivity contribution in [3.63, 3.8) is 0 Å². The fourth-order valence-corrected chi connectivity index (χ4v) is 2.20. The highest BCUT2D eigenvalue weighted by Gasteiger charge is 2.03. The molecular weight excluding hydrogens is 210 g/mol. The van der Waals surface area contributed by atoms with Crippen molar-refractivity contribution in [3.05, 3.63) is 30.5 Å². The molecule has 0 aliphatic carbocycles. The maximum atomic E-state index is 4.43. The molecule has 3 heteroatoms. The number of nitrogens with one attached hydrogen (secondary N) is 1. The third-order valence-corrected chi connectivity index (χ3v) is 3.11. The number of hydrogen-bond acceptors (Lipinski definition) is 2. The predicted octanol–water partition coefficient (Wildman–Crippen LogP) is 2.81. The summed E-state index contributed by atoms with van der Waals surface area (Å²) in [5.41, 5.74) is 1.24. The van der Waals surface area contributed by atoms with E-state index in [-0.39, 0.29) is 0 Å². The number of benzene rings is 1. The number of para-hydroxylation sites is 1. The standard InChI is InChI=1S/C14H21N3/c1-3-15-12(2)7-6-10-17-14-9-5-4-8-13(14)11-16-17/h4-5,8-9,11-12,15H,3,6-7,10H2,1-2H3. The van der Waals surface area contributed by atoms with E-state index in [0.29, 0.717) is 6.04 Å². The third-order valence-electron chi connectivity index (χ3n) is 3.11. The van der Waals surface area contributed by atoms with Gasteiger partial charge in [0.25, 0.3) is 0 Å². The summed E-state index contributed by atoms with van der Waals surface area (Å²) in [6.07, 6.45) is 4.31. The summed E-state index contributed by atoms with van der Waals surface area (Å²) in [6.45, 7) is 6.44. The van der Waals surface area contributed by atoms with Gasteiger partial charge in [-0.3, -0.25) is 4.68 Å². The molecule has 1 aromatic heterocycles. The summed E-state index contributed by atoms with van der Waals surface area (Å²) in [7, 11) is 0. The second-order valence-electron chi connectivity index (χ2n) is 4.53. The van der Waals surface area contributed by atoms with E-state index in [0.717, 1.165) is 13.1 Å². The van der Waals surface area contributed by atoms with Crippen LogP contribution in [-0.2, 0) is 6.54 Å². The Labute approximate surface area is 103 Å². The summed E-state index contributed by atoms with van der Waals surface area (Å²) in [5.74, 6) is 0. The van der Waals surface area contributed by atoms with Gasteiger partial charge in [-0.2, -0.15) is 5.10 Å². The molecule has 0 fully saturated rings. The topological polar surface area (TPSA) is 29.9 Å². The van der Waals surface area contributed by atoms with Crippen molar-refractivity contribution in [1.29, 1.82) is 0 Å². The Balaban J connectivity index is 1.91. The highest BCUT2D eigenvalue weighted by molar-refractivity contribution is 5.78. The minimum absolute atomic E-state index is 0.599. The van der Waals surface area contributed by atoms with Gasteiger partial charge in [0.2, 0.25) is 0 Å². The van der Waals surface area contributed by atoms with E-state index in [2.05, 4.69) is 53.2 Å². The quantitative estimate of drug-likeness (QED) is 0.828. The van der Waals surface area contributed by atoms with Crippen molar-refractivity contribution in [2.24, 2.45) is 0 Å². The molecule has 0 radical (unpaired) electrons. The van der Waals surface area contributed by atoms with Gasteiger partial charge in [0.15, 0.2) is 0 Å². The average molecular weight is 231 g/mol. The lowest BCUT2D eigenvalue weighted by molar-refractivity contribution is 0.477. The van der Waals surface area contributed by atoms with Gasteiger partial charge >= 0.3 is 0 Å². The molecule has 1 heterocycles. The van der Waals surface area contributed by atoms with Gasteiger partial charge in [0.1, 0.15) is 0 Å². The Hall–Kier alpha value is -1.35. The SMILES string of the molecule is CCNC(C)CCCn1ncc2ccccc21. The van der Waals surface area contributed by atoms with Crippen LogP contribution < -0.4 is 5.32 Å². The minimum Gasteiger partial charge on any atom is -0.315 e. The van der Waals surface area contributed by atoms with Crippen LogP contribution in [0, 0.1) is 0 Å². The summed E-state index contributed by atoms with van der Waals surface area (Å²) in [4.78, 5) is 0. The zero-order valence-electron chi connectivity index (χ0n) is 10.7. The molecule has 1 N–H and O–H groups in total. The second kappa shape index (κ2) is 5.82. The molecule has 0 aliphatic rings. The minimum atomic E-state index is 0.599. The van der Waals surface area contributed by atoms with Gasteiger partial charge < -0.3 is 5.32 Å². The summed E-state index contributed by atoms with van der Waals surface area (Å²) in [6, 6.07) is 8.97. The van der Waals surface area contributed by atoms with Crippen molar-refractivity contribution in [3.8, 4) is 0 Å². The fourth-order valence-electron chi connectivity index (χ4n) is 2.20. The number of hydrogen-bond donors (Lipinski definition) is 1. The maximum Gasteiger partial charge on any atom is 0.0682 e. The molecule has 0 amide bonds. The lowest BCUT2D eigenvalue weighted by Gasteiger charge is -2.11. The second-order valence-corrected chi connectivity index (χ2v) is 4.53. The fraction of sp³-hybridized carbons (Fsp3) is 0.500. The molecular formula is C14H21N3. The largest absolute Gasteiger partial charge is 0.315 e. The van der Waals surface area contributed by atoms with E-state index < -0.39 is 0 Å². The highest BCUT2D eigenvalue weighted by Crippen LogP contribution is 2.13. The first-order chi connectivity index (χ1) is 8.31. The van der Waals surface area contributed by atoms with Gasteiger partial charge in [-0.15, -0.1) is 0 Å². The lowest BCUT2D eigenvalue weighted by atomic mass is 10.2. The lowest BCUT2D eigenvalue weighted by Crippen LogP contribution is -2.25. The number of aryl methyl sites for hydroxylation is 1. The third kappa shape index (κ3) is 3.07. The molecule has 0 saturated heterocycles.